The zero-order chi connectivity index (χ0) is 22.8. The first kappa shape index (κ1) is 21.3. The van der Waals surface area contributed by atoms with Gasteiger partial charge in [-0.1, -0.05) is 13.5 Å². The SMILES string of the molecule is C=C(N)C1(c2cnc(-c3nc4cc(C(F)(F)F)cnc4n3C)c(S(=O)(=O)CC)c2)CC1. The Morgan fingerprint density at radius 3 is 2.48 bits per heavy atom. The van der Waals surface area contributed by atoms with Gasteiger partial charge in [-0.05, 0) is 30.5 Å². The second-order valence-electron chi connectivity index (χ2n) is 7.64. The third-order valence-corrected chi connectivity index (χ3v) is 7.47. The van der Waals surface area contributed by atoms with E-state index in [4.69, 9.17) is 5.73 Å². The number of imidazole rings is 1. The highest BCUT2D eigenvalue weighted by molar-refractivity contribution is 7.91. The smallest absolute Gasteiger partial charge is 0.402 e. The number of aromatic nitrogens is 4. The molecule has 0 unspecified atom stereocenters. The molecule has 3 aromatic heterocycles. The number of hydrogen-bond donors (Lipinski definition) is 1. The van der Waals surface area contributed by atoms with Crippen molar-refractivity contribution in [2.24, 2.45) is 12.8 Å². The number of pyridine rings is 2. The van der Waals surface area contributed by atoms with Gasteiger partial charge in [0.05, 0.1) is 16.2 Å². The summed E-state index contributed by atoms with van der Waals surface area (Å²) in [6.45, 7) is 5.32. The maximum absolute atomic E-state index is 13.1. The molecule has 0 saturated heterocycles. The summed E-state index contributed by atoms with van der Waals surface area (Å²) < 4.78 is 66.4. The van der Waals surface area contributed by atoms with Crippen LogP contribution in [0, 0.1) is 0 Å². The van der Waals surface area contributed by atoms with Gasteiger partial charge in [0, 0.05) is 30.6 Å². The molecular formula is C20H20F3N5O2S. The molecule has 0 atom stereocenters. The van der Waals surface area contributed by atoms with Crippen molar-refractivity contribution in [1.29, 1.82) is 0 Å². The van der Waals surface area contributed by atoms with Crippen molar-refractivity contribution in [3.05, 3.63) is 47.9 Å². The molecule has 31 heavy (non-hydrogen) atoms. The summed E-state index contributed by atoms with van der Waals surface area (Å²) in [7, 11) is -2.18. The highest BCUT2D eigenvalue weighted by atomic mass is 32.2. The number of hydrogen-bond acceptors (Lipinski definition) is 6. The summed E-state index contributed by atoms with van der Waals surface area (Å²) in [5.41, 5.74) is 5.82. The number of aryl methyl sites for hydroxylation is 1. The highest BCUT2D eigenvalue weighted by Gasteiger charge is 2.47. The van der Waals surface area contributed by atoms with Crippen molar-refractivity contribution < 1.29 is 21.6 Å². The first-order valence-corrected chi connectivity index (χ1v) is 11.1. The van der Waals surface area contributed by atoms with E-state index in [9.17, 15) is 21.6 Å². The summed E-state index contributed by atoms with van der Waals surface area (Å²) in [5.74, 6) is -0.0703. The normalized spacial score (nSPS) is 15.9. The summed E-state index contributed by atoms with van der Waals surface area (Å²) >= 11 is 0. The molecule has 1 saturated carbocycles. The van der Waals surface area contributed by atoms with E-state index < -0.39 is 27.0 Å². The molecule has 0 aromatic carbocycles. The van der Waals surface area contributed by atoms with E-state index in [0.29, 0.717) is 11.3 Å². The molecule has 3 aromatic rings. The number of alkyl halides is 3. The minimum atomic E-state index is -4.57. The maximum Gasteiger partial charge on any atom is 0.417 e. The lowest BCUT2D eigenvalue weighted by Gasteiger charge is -2.17. The molecule has 4 rings (SSSR count). The van der Waals surface area contributed by atoms with Crippen LogP contribution in [0.4, 0.5) is 13.2 Å². The molecule has 0 aliphatic heterocycles. The van der Waals surface area contributed by atoms with Gasteiger partial charge in [-0.3, -0.25) is 4.98 Å². The second-order valence-corrected chi connectivity index (χ2v) is 9.89. The van der Waals surface area contributed by atoms with E-state index in [1.54, 1.807) is 7.05 Å². The zero-order valence-corrected chi connectivity index (χ0v) is 17.7. The standard InChI is InChI=1S/C20H20F3N5O2S/c1-4-31(29,30)15-8-12(19(5-6-19)11(2)24)9-25-16(15)18-27-14-7-13(20(21,22)23)10-26-17(14)28(18)3/h7-10H,2,4-6,24H2,1,3H3. The summed E-state index contributed by atoms with van der Waals surface area (Å²) in [5, 5.41) is 0. The summed E-state index contributed by atoms with van der Waals surface area (Å²) in [6.07, 6.45) is -0.837. The molecule has 2 N–H and O–H groups in total. The quantitative estimate of drug-likeness (QED) is 0.638. The lowest BCUT2D eigenvalue weighted by Crippen LogP contribution is -2.18. The van der Waals surface area contributed by atoms with Crippen LogP contribution < -0.4 is 5.73 Å². The Kier molecular flexibility index (Phi) is 4.65. The fourth-order valence-corrected chi connectivity index (χ4v) is 4.69. The van der Waals surface area contributed by atoms with E-state index in [1.807, 2.05) is 0 Å². The maximum atomic E-state index is 13.1. The second kappa shape index (κ2) is 6.78. The van der Waals surface area contributed by atoms with Gasteiger partial charge >= 0.3 is 6.18 Å². The molecule has 7 nitrogen and oxygen atoms in total. The molecular weight excluding hydrogens is 431 g/mol. The average Bonchev–Trinajstić information content (AvgIpc) is 3.46. The van der Waals surface area contributed by atoms with Gasteiger partial charge in [0.15, 0.2) is 21.3 Å². The molecule has 0 amide bonds. The predicted octanol–water partition coefficient (Wildman–Crippen LogP) is 3.35. The molecule has 0 spiro atoms. The number of nitrogens with two attached hydrogens (primary N) is 1. The lowest BCUT2D eigenvalue weighted by atomic mass is 9.94. The van der Waals surface area contributed by atoms with E-state index in [-0.39, 0.29) is 33.3 Å². The van der Waals surface area contributed by atoms with Crippen LogP contribution in [0.25, 0.3) is 22.7 Å². The number of fused-ring (bicyclic) bond motifs is 1. The number of sulfone groups is 1. The van der Waals surface area contributed by atoms with Crippen LogP contribution in [0.1, 0.15) is 30.9 Å². The van der Waals surface area contributed by atoms with E-state index in [0.717, 1.165) is 25.1 Å². The summed E-state index contributed by atoms with van der Waals surface area (Å²) in [4.78, 5) is 12.4. The van der Waals surface area contributed by atoms with E-state index in [2.05, 4.69) is 21.5 Å². The Hall–Kier alpha value is -2.95. The van der Waals surface area contributed by atoms with Gasteiger partial charge in [-0.2, -0.15) is 13.2 Å². The number of allylic oxidation sites excluding steroid dienone is 1. The van der Waals surface area contributed by atoms with Gasteiger partial charge < -0.3 is 10.3 Å². The molecule has 1 aliphatic rings. The first-order chi connectivity index (χ1) is 14.4. The van der Waals surface area contributed by atoms with Crippen LogP contribution in [-0.4, -0.2) is 33.7 Å². The molecule has 0 bridgehead atoms. The minimum absolute atomic E-state index is 0.00736. The van der Waals surface area contributed by atoms with Gasteiger partial charge in [0.2, 0.25) is 0 Å². The van der Waals surface area contributed by atoms with Crippen molar-refractivity contribution in [3.8, 4) is 11.5 Å². The largest absolute Gasteiger partial charge is 0.417 e. The number of nitrogens with zero attached hydrogens (tertiary/aromatic N) is 4. The lowest BCUT2D eigenvalue weighted by molar-refractivity contribution is -0.137. The predicted molar refractivity (Wildman–Crippen MR) is 109 cm³/mol. The number of halogens is 3. The fraction of sp³-hybridized carbons (Fsp3) is 0.350. The molecule has 164 valence electrons. The van der Waals surface area contributed by atoms with Crippen molar-refractivity contribution in [1.82, 2.24) is 19.5 Å². The average molecular weight is 451 g/mol. The van der Waals surface area contributed by atoms with Crippen LogP contribution in [0.2, 0.25) is 0 Å². The first-order valence-electron chi connectivity index (χ1n) is 9.49. The van der Waals surface area contributed by atoms with Crippen molar-refractivity contribution in [3.63, 3.8) is 0 Å². The fourth-order valence-electron chi connectivity index (χ4n) is 3.63. The monoisotopic (exact) mass is 451 g/mol. The van der Waals surface area contributed by atoms with Crippen LogP contribution in [0.5, 0.6) is 0 Å². The molecule has 1 fully saturated rings. The molecule has 0 radical (unpaired) electrons. The Labute approximate surface area is 176 Å². The third kappa shape index (κ3) is 3.36. The Balaban J connectivity index is 1.94. The third-order valence-electron chi connectivity index (χ3n) is 5.73. The van der Waals surface area contributed by atoms with Gasteiger partial charge in [0.25, 0.3) is 0 Å². The molecule has 1 aliphatic carbocycles. The minimum Gasteiger partial charge on any atom is -0.402 e. The molecule has 11 heteroatoms. The van der Waals surface area contributed by atoms with E-state index in [1.165, 1.54) is 23.8 Å². The Morgan fingerprint density at radius 1 is 1.26 bits per heavy atom. The Bertz CT molecular complexity index is 1320. The number of rotatable bonds is 5. The van der Waals surface area contributed by atoms with Crippen LogP contribution in [-0.2, 0) is 28.5 Å². The van der Waals surface area contributed by atoms with Crippen LogP contribution in [0.15, 0.2) is 41.7 Å². The zero-order valence-electron chi connectivity index (χ0n) is 16.9. The molecule has 3 heterocycles. The van der Waals surface area contributed by atoms with Gasteiger partial charge in [0.1, 0.15) is 11.2 Å². The van der Waals surface area contributed by atoms with Crippen molar-refractivity contribution in [2.75, 3.05) is 5.75 Å². The highest BCUT2D eigenvalue weighted by Crippen LogP contribution is 2.52. The van der Waals surface area contributed by atoms with Gasteiger partial charge in [-0.15, -0.1) is 0 Å². The van der Waals surface area contributed by atoms with Crippen LogP contribution in [0.3, 0.4) is 0 Å². The topological polar surface area (TPSA) is 104 Å². The summed E-state index contributed by atoms with van der Waals surface area (Å²) in [6, 6.07) is 2.41. The Morgan fingerprint density at radius 2 is 1.94 bits per heavy atom. The van der Waals surface area contributed by atoms with Crippen molar-refractivity contribution in [2.45, 2.75) is 36.3 Å². The van der Waals surface area contributed by atoms with Crippen molar-refractivity contribution >= 4 is 21.0 Å². The van der Waals surface area contributed by atoms with E-state index >= 15 is 0 Å². The van der Waals surface area contributed by atoms with Gasteiger partial charge in [-0.25, -0.2) is 18.4 Å². The van der Waals surface area contributed by atoms with Crippen LogP contribution >= 0.6 is 0 Å².